The van der Waals surface area contributed by atoms with Crippen molar-refractivity contribution in [3.05, 3.63) is 143 Å². The van der Waals surface area contributed by atoms with Gasteiger partial charge in [0.1, 0.15) is 14.2 Å². The third-order valence-corrected chi connectivity index (χ3v) is 26.1. The zero-order valence-corrected chi connectivity index (χ0v) is 68.0. The molecule has 4 aliphatic heterocycles. The Morgan fingerprint density at radius 1 is 0.536 bits per heavy atom. The Morgan fingerprint density at radius 3 is 1.44 bits per heavy atom. The number of hydrogen-bond donors (Lipinski definition) is 5. The maximum Gasteiger partial charge on any atom is 0.273 e. The van der Waals surface area contributed by atoms with Gasteiger partial charge in [-0.25, -0.2) is 77.3 Å². The molecule has 5 unspecified atom stereocenters. The van der Waals surface area contributed by atoms with E-state index in [2.05, 4.69) is 108 Å². The maximum absolute atomic E-state index is 12.9. The Kier molecular flexibility index (Phi) is 29.9. The van der Waals surface area contributed by atoms with E-state index in [-0.39, 0.29) is 78.0 Å². The van der Waals surface area contributed by atoms with Crippen LogP contribution >= 0.6 is 22.7 Å². The standard InChI is InChI=1S/C20H25N5O3S2.C19H26N4O3S.C17H22N6O2S.C16H22N6O3S2/c1-3-15-12-23-25(14-15)20(21-4-2)24-30(27,28)18-11-10-17(29-18)13-22-19(26)16-8-6-5-7-9-16;1-4-14-11-21-23(12-14)19(20-5-2)22-27(25,26)16-7-9-18-15(10-16)6-8-17(18)13(3)24;1-3-14-12-20-23(13-14)17(18-4-2)21-26(24,25)16-8-6-15(7-9-16)22-11-5-10-19-22;1-4-11-9-18-22(10-11)16(17-6-3)21-27(23,24)14-8-7-12(26-14)15-19-13(5-2)25-20-15/h5-12,15H,3-4,13-14H2,1-2H3,(H,21,24)(H,22,26);7,9-11,14,17H,4-6,8,12H2,1-3H3,(H,20,22);5-12,14H,3-4,13H2,1-2H3,(H,18,21);7-9,11H,4-6,10H2,1-3H3,(H,17,21). The molecule has 0 saturated heterocycles. The number of hydrogen-bond acceptors (Lipinski definition) is 24. The summed E-state index contributed by atoms with van der Waals surface area (Å²) in [5.74, 6) is 2.79. The minimum Gasteiger partial charge on any atom is -0.347 e. The number of rotatable bonds is 23. The van der Waals surface area contributed by atoms with Gasteiger partial charge in [0.2, 0.25) is 35.6 Å². The van der Waals surface area contributed by atoms with Crippen molar-refractivity contribution in [2.75, 3.05) is 52.4 Å². The monoisotopic (exact) mass is 1620 g/mol. The van der Waals surface area contributed by atoms with Gasteiger partial charge in [0.25, 0.3) is 46.0 Å². The number of nitrogens with one attached hydrogen (secondary N) is 5. The van der Waals surface area contributed by atoms with Gasteiger partial charge in [-0.1, -0.05) is 64.0 Å². The number of aromatic nitrogens is 4. The second-order valence-electron chi connectivity index (χ2n) is 25.4. The van der Waals surface area contributed by atoms with Crippen LogP contribution in [0.2, 0.25) is 0 Å². The zero-order chi connectivity index (χ0) is 79.2. The average Bonchev–Trinajstić information content (AvgIpc) is 1.59. The number of sulfonamides is 4. The smallest absolute Gasteiger partial charge is 0.273 e. The zero-order valence-electron chi connectivity index (χ0n) is 63.1. The summed E-state index contributed by atoms with van der Waals surface area (Å²) in [5.41, 5.74) is 3.21. The molecule has 0 saturated carbocycles. The Bertz CT molecular complexity index is 5000. The molecule has 7 aromatic rings. The Labute approximate surface area is 651 Å². The van der Waals surface area contributed by atoms with Gasteiger partial charge >= 0.3 is 0 Å². The molecule has 590 valence electrons. The molecule has 4 aromatic heterocycles. The highest BCUT2D eigenvalue weighted by Crippen LogP contribution is 2.36. The van der Waals surface area contributed by atoms with Crippen LogP contribution in [0.5, 0.6) is 0 Å². The summed E-state index contributed by atoms with van der Waals surface area (Å²) >= 11 is 2.18. The van der Waals surface area contributed by atoms with Crippen molar-refractivity contribution < 1.29 is 47.8 Å². The number of guanidine groups is 4. The maximum atomic E-state index is 12.9. The fourth-order valence-electron chi connectivity index (χ4n) is 11.4. The first-order valence-corrected chi connectivity index (χ1v) is 44.0. The van der Waals surface area contributed by atoms with E-state index < -0.39 is 40.1 Å². The van der Waals surface area contributed by atoms with E-state index in [0.717, 1.165) is 76.5 Å². The second-order valence-corrected chi connectivity index (χ2v) is 34.9. The summed E-state index contributed by atoms with van der Waals surface area (Å²) in [6.45, 7) is 23.6. The van der Waals surface area contributed by atoms with Crippen LogP contribution in [-0.2, 0) is 64.3 Å². The third kappa shape index (κ3) is 22.4. The van der Waals surface area contributed by atoms with Gasteiger partial charge in [-0.2, -0.15) is 30.5 Å². The van der Waals surface area contributed by atoms with Gasteiger partial charge in [-0.05, 0) is 163 Å². The van der Waals surface area contributed by atoms with E-state index in [1.165, 1.54) is 12.1 Å². The van der Waals surface area contributed by atoms with Crippen LogP contribution in [0.15, 0.2) is 179 Å². The van der Waals surface area contributed by atoms with Crippen molar-refractivity contribution in [2.45, 2.75) is 145 Å². The normalized spacial score (nSPS) is 18.5. The predicted molar refractivity (Wildman–Crippen MR) is 430 cm³/mol. The molecule has 0 bridgehead atoms. The first-order valence-electron chi connectivity index (χ1n) is 36.4. The van der Waals surface area contributed by atoms with Gasteiger partial charge < -0.3 is 9.84 Å². The molecule has 1 amide bonds. The van der Waals surface area contributed by atoms with Crippen LogP contribution in [0, 0.1) is 23.7 Å². The lowest BCUT2D eigenvalue weighted by molar-refractivity contribution is -0.118. The highest BCUT2D eigenvalue weighted by Gasteiger charge is 2.33. The predicted octanol–water partition coefficient (Wildman–Crippen LogP) is 9.14. The number of hydrazone groups is 4. The van der Waals surface area contributed by atoms with Gasteiger partial charge in [0.15, 0.2) is 0 Å². The number of benzene rings is 3. The number of ketones is 1. The Hall–Kier alpha value is -9.89. The molecule has 110 heavy (non-hydrogen) atoms. The number of Topliss-reactive ketones (excluding diaryl/α,β-unsaturated/α-hetero) is 1. The summed E-state index contributed by atoms with van der Waals surface area (Å²) < 4.78 is 120. The van der Waals surface area contributed by atoms with E-state index in [1.807, 2.05) is 65.5 Å². The number of fused-ring (bicyclic) bond motifs is 1. The van der Waals surface area contributed by atoms with Crippen LogP contribution in [0.1, 0.15) is 140 Å². The fraction of sp³-hybridized carbons (Fsp3) is 0.431. The minimum absolute atomic E-state index is 0.119. The molecule has 12 rings (SSSR count). The largest absolute Gasteiger partial charge is 0.347 e. The molecule has 3 aromatic carbocycles. The number of aliphatic imine (C=N–C) groups is 4. The minimum atomic E-state index is -3.80. The van der Waals surface area contributed by atoms with Gasteiger partial charge in [-0.15, -0.1) is 22.7 Å². The van der Waals surface area contributed by atoms with Crippen LogP contribution in [-0.4, -0.2) is 186 Å². The average molecular weight is 1620 g/mol. The number of carbonyl (C=O) groups is 2. The number of aryl methyl sites for hydroxylation is 2. The van der Waals surface area contributed by atoms with Gasteiger partial charge in [-0.3, -0.25) is 29.6 Å². The number of carbonyl (C=O) groups excluding carboxylic acids is 2. The molecule has 0 radical (unpaired) electrons. The van der Waals surface area contributed by atoms with E-state index in [1.54, 1.807) is 129 Å². The lowest BCUT2D eigenvalue weighted by Gasteiger charge is -2.19. The highest BCUT2D eigenvalue weighted by molar-refractivity contribution is 7.92. The Morgan fingerprint density at radius 2 is 1.00 bits per heavy atom. The van der Waals surface area contributed by atoms with Crippen LogP contribution in [0.4, 0.5) is 0 Å². The SMILES string of the molecule is CCN=C(NS(=O)(=O)c1ccc(-c2noc(CC)n2)s1)N1CC(CC)C=N1.CCN=C(NS(=O)(=O)c1ccc(-n2cccn2)cc1)N1CC(CC)C=N1.CCN=C(NS(=O)(=O)c1ccc(CNC(=O)c2ccccc2)s1)N1CC(CC)C=N1.CCN=C(NS(=O)(=O)c1ccc2c(c1)CCC2C(C)=O)N1CC(CC)C=N1. The Balaban J connectivity index is 0.000000169. The number of amides is 1. The summed E-state index contributed by atoms with van der Waals surface area (Å²) in [7, 11) is -15.1. The molecule has 8 heterocycles. The topological polar surface area (TPSA) is 399 Å². The van der Waals surface area contributed by atoms with E-state index in [0.29, 0.717) is 99.2 Å². The first-order chi connectivity index (χ1) is 52.8. The molecule has 0 spiro atoms. The summed E-state index contributed by atoms with van der Waals surface area (Å²) in [4.78, 5) is 46.9. The third-order valence-electron chi connectivity index (χ3n) is 17.6. The van der Waals surface area contributed by atoms with Crippen LogP contribution in [0.25, 0.3) is 16.4 Å². The lowest BCUT2D eigenvalue weighted by atomic mass is 9.98. The first kappa shape index (κ1) is 84.1. The molecule has 5 aliphatic rings. The van der Waals surface area contributed by atoms with Crippen LogP contribution < -0.4 is 24.2 Å². The number of thiophene rings is 2. The van der Waals surface area contributed by atoms with Crippen molar-refractivity contribution in [1.82, 2.24) is 64.2 Å². The fourth-order valence-corrected chi connectivity index (χ4v) is 18.0. The molecule has 0 fully saturated rings. The van der Waals surface area contributed by atoms with Crippen LogP contribution in [0.3, 0.4) is 0 Å². The van der Waals surface area contributed by atoms with Crippen molar-refractivity contribution in [2.24, 2.45) is 64.0 Å². The molecule has 5 atom stereocenters. The second kappa shape index (κ2) is 39.1. The van der Waals surface area contributed by atoms with Gasteiger partial charge in [0, 0.05) is 110 Å². The van der Waals surface area contributed by atoms with E-state index >= 15 is 0 Å². The molecular formula is C72H95N21O11S6. The number of nitrogens with zero attached hydrogens (tertiary/aromatic N) is 16. The summed E-state index contributed by atoms with van der Waals surface area (Å²) in [6.07, 6.45) is 16.6. The molecule has 5 N–H and O–H groups in total. The van der Waals surface area contributed by atoms with Crippen molar-refractivity contribution in [3.63, 3.8) is 0 Å². The van der Waals surface area contributed by atoms with E-state index in [4.69, 9.17) is 4.52 Å². The lowest BCUT2D eigenvalue weighted by Crippen LogP contribution is -2.41. The molecular weight excluding hydrogens is 1530 g/mol. The summed E-state index contributed by atoms with van der Waals surface area (Å²) in [5, 5.41) is 34.3. The van der Waals surface area contributed by atoms with Crippen molar-refractivity contribution in [1.29, 1.82) is 0 Å². The van der Waals surface area contributed by atoms with Crippen molar-refractivity contribution >= 4 is 123 Å². The molecule has 32 nitrogen and oxygen atoms in total. The molecule has 38 heteroatoms. The van der Waals surface area contributed by atoms with E-state index in [9.17, 15) is 43.3 Å². The molecule has 1 aliphatic carbocycles. The highest BCUT2D eigenvalue weighted by atomic mass is 32.3. The quantitative estimate of drug-likeness (QED) is 0.0294. The summed E-state index contributed by atoms with van der Waals surface area (Å²) in [6, 6.07) is 28.6. The van der Waals surface area contributed by atoms with Gasteiger partial charge in [0.05, 0.1) is 53.1 Å². The van der Waals surface area contributed by atoms with Crippen molar-refractivity contribution in [3.8, 4) is 16.4 Å².